The van der Waals surface area contributed by atoms with Crippen molar-refractivity contribution in [3.05, 3.63) is 63.4 Å². The molecule has 2 heterocycles. The lowest BCUT2D eigenvalue weighted by Crippen LogP contribution is -2.44. The van der Waals surface area contributed by atoms with Gasteiger partial charge in [0.2, 0.25) is 0 Å². The molecule has 3 rings (SSSR count). The van der Waals surface area contributed by atoms with Crippen LogP contribution in [0.4, 0.5) is 5.88 Å². The molecule has 0 saturated carbocycles. The molecule has 8 heteroatoms. The summed E-state index contributed by atoms with van der Waals surface area (Å²) in [5.41, 5.74) is 2.14. The third kappa shape index (κ3) is 5.15. The van der Waals surface area contributed by atoms with E-state index < -0.39 is 16.7 Å². The van der Waals surface area contributed by atoms with Gasteiger partial charge in [-0.3, -0.25) is 19.8 Å². The highest BCUT2D eigenvalue weighted by molar-refractivity contribution is 5.91. The second-order valence-electron chi connectivity index (χ2n) is 6.85. The number of hydrogen-bond donors (Lipinski definition) is 1. The van der Waals surface area contributed by atoms with Gasteiger partial charge in [-0.2, -0.15) is 0 Å². The number of rotatable bonds is 6. The van der Waals surface area contributed by atoms with Crippen molar-refractivity contribution in [2.24, 2.45) is 0 Å². The van der Waals surface area contributed by atoms with Crippen LogP contribution in [0.5, 0.6) is 0 Å². The van der Waals surface area contributed by atoms with Crippen LogP contribution in [0.25, 0.3) is 0 Å². The summed E-state index contributed by atoms with van der Waals surface area (Å²) in [4.78, 5) is 24.3. The Labute approximate surface area is 157 Å². The maximum Gasteiger partial charge on any atom is 0.433 e. The number of carbonyl (C=O) groups is 1. The summed E-state index contributed by atoms with van der Waals surface area (Å²) in [5.74, 6) is -1.01. The lowest BCUT2D eigenvalue weighted by Gasteiger charge is -2.35. The van der Waals surface area contributed by atoms with Gasteiger partial charge in [0.05, 0.1) is 18.3 Å². The van der Waals surface area contributed by atoms with Crippen LogP contribution in [0.3, 0.4) is 0 Å². The van der Waals surface area contributed by atoms with Crippen molar-refractivity contribution in [1.29, 1.82) is 0 Å². The Morgan fingerprint density at radius 3 is 2.37 bits per heavy atom. The van der Waals surface area contributed by atoms with Crippen molar-refractivity contribution in [3.8, 4) is 0 Å². The summed E-state index contributed by atoms with van der Waals surface area (Å²) in [6, 6.07) is 10.5. The van der Waals surface area contributed by atoms with Crippen molar-refractivity contribution in [1.82, 2.24) is 10.2 Å². The van der Waals surface area contributed by atoms with E-state index in [4.69, 9.17) is 9.15 Å². The number of nitrogens with zero attached hydrogens (tertiary/aromatic N) is 2. The van der Waals surface area contributed by atoms with Crippen molar-refractivity contribution in [2.45, 2.75) is 39.1 Å². The lowest BCUT2D eigenvalue weighted by molar-refractivity contribution is -0.402. The molecule has 1 aromatic carbocycles. The number of furan rings is 1. The topological polar surface area (TPSA) is 97.9 Å². The zero-order valence-electron chi connectivity index (χ0n) is 15.4. The molecule has 1 amide bonds. The minimum Gasteiger partial charge on any atom is -0.395 e. The molecule has 1 saturated heterocycles. The quantitative estimate of drug-likeness (QED) is 0.618. The van der Waals surface area contributed by atoms with Crippen LogP contribution in [0.1, 0.15) is 35.5 Å². The Balaban J connectivity index is 1.51. The zero-order valence-corrected chi connectivity index (χ0v) is 15.4. The molecule has 1 aromatic heterocycles. The number of nitro groups is 1. The Kier molecular flexibility index (Phi) is 5.88. The van der Waals surface area contributed by atoms with E-state index in [2.05, 4.69) is 24.1 Å². The Bertz CT molecular complexity index is 792. The van der Waals surface area contributed by atoms with Crippen LogP contribution in [-0.2, 0) is 17.8 Å². The summed E-state index contributed by atoms with van der Waals surface area (Å²) in [6.07, 6.45) is 0.473. The Morgan fingerprint density at radius 2 is 1.78 bits per heavy atom. The summed E-state index contributed by atoms with van der Waals surface area (Å²) >= 11 is 0. The van der Waals surface area contributed by atoms with E-state index in [1.54, 1.807) is 0 Å². The van der Waals surface area contributed by atoms with E-state index in [1.165, 1.54) is 11.6 Å². The first kappa shape index (κ1) is 19.1. The van der Waals surface area contributed by atoms with Crippen LogP contribution >= 0.6 is 0 Å². The second-order valence-corrected chi connectivity index (χ2v) is 6.85. The molecule has 0 aliphatic carbocycles. The zero-order chi connectivity index (χ0) is 19.4. The monoisotopic (exact) mass is 373 g/mol. The fourth-order valence-electron chi connectivity index (χ4n) is 3.25. The number of amides is 1. The average Bonchev–Trinajstić information content (AvgIpc) is 3.10. The normalized spacial score (nSPS) is 20.4. The third-order valence-electron chi connectivity index (χ3n) is 4.37. The van der Waals surface area contributed by atoms with E-state index in [0.29, 0.717) is 6.54 Å². The van der Waals surface area contributed by atoms with Crippen LogP contribution in [-0.4, -0.2) is 41.0 Å². The van der Waals surface area contributed by atoms with E-state index in [9.17, 15) is 14.9 Å². The minimum absolute atomic E-state index is 0.0751. The number of hydrogen-bond acceptors (Lipinski definition) is 6. The van der Waals surface area contributed by atoms with Gasteiger partial charge in [0, 0.05) is 26.2 Å². The van der Waals surface area contributed by atoms with E-state index in [-0.39, 0.29) is 18.0 Å². The predicted molar refractivity (Wildman–Crippen MR) is 98.3 cm³/mol. The Hall–Kier alpha value is -2.71. The number of ether oxygens (including phenoxy) is 1. The molecule has 0 spiro atoms. The SMILES string of the molecule is C[C@@H]1CN(Cc2ccc(CNC(=O)c3ccc([N+](=O)[O-])o3)cc2)C[C@H](C)O1. The highest BCUT2D eigenvalue weighted by atomic mass is 16.6. The van der Waals surface area contributed by atoms with Crippen LogP contribution < -0.4 is 5.32 Å². The number of nitrogens with one attached hydrogen (secondary N) is 1. The molecule has 0 unspecified atom stereocenters. The van der Waals surface area contributed by atoms with Gasteiger partial charge in [-0.1, -0.05) is 24.3 Å². The fraction of sp³-hybridized carbons (Fsp3) is 0.421. The van der Waals surface area contributed by atoms with Crippen molar-refractivity contribution < 1.29 is 18.9 Å². The Morgan fingerprint density at radius 1 is 1.15 bits per heavy atom. The summed E-state index contributed by atoms with van der Waals surface area (Å²) in [5, 5.41) is 13.3. The van der Waals surface area contributed by atoms with Crippen molar-refractivity contribution >= 4 is 11.8 Å². The maximum absolute atomic E-state index is 12.0. The molecular weight excluding hydrogens is 350 g/mol. The van der Waals surface area contributed by atoms with Crippen molar-refractivity contribution in [3.63, 3.8) is 0 Å². The van der Waals surface area contributed by atoms with Gasteiger partial charge < -0.3 is 14.5 Å². The molecule has 27 heavy (non-hydrogen) atoms. The lowest BCUT2D eigenvalue weighted by atomic mass is 10.1. The summed E-state index contributed by atoms with van der Waals surface area (Å²) < 4.78 is 10.6. The average molecular weight is 373 g/mol. The third-order valence-corrected chi connectivity index (χ3v) is 4.37. The molecule has 1 aliphatic rings. The smallest absolute Gasteiger partial charge is 0.395 e. The molecule has 2 aromatic rings. The van der Waals surface area contributed by atoms with E-state index >= 15 is 0 Å². The maximum atomic E-state index is 12.0. The largest absolute Gasteiger partial charge is 0.433 e. The molecular formula is C19H23N3O5. The molecule has 144 valence electrons. The van der Waals surface area contributed by atoms with Crippen molar-refractivity contribution in [2.75, 3.05) is 13.1 Å². The van der Waals surface area contributed by atoms with Gasteiger partial charge >= 0.3 is 5.88 Å². The molecule has 1 fully saturated rings. The van der Waals surface area contributed by atoms with Gasteiger partial charge in [-0.25, -0.2) is 0 Å². The van der Waals surface area contributed by atoms with Gasteiger partial charge in [0.15, 0.2) is 5.76 Å². The number of morpholine rings is 1. The van der Waals surface area contributed by atoms with Gasteiger partial charge in [0.1, 0.15) is 4.92 Å². The fourth-order valence-corrected chi connectivity index (χ4v) is 3.25. The van der Waals surface area contributed by atoms with Crippen LogP contribution in [0.15, 0.2) is 40.8 Å². The first-order valence-corrected chi connectivity index (χ1v) is 8.89. The predicted octanol–water partition coefficient (Wildman–Crippen LogP) is 2.73. The van der Waals surface area contributed by atoms with E-state index in [1.807, 2.05) is 24.3 Å². The highest BCUT2D eigenvalue weighted by Gasteiger charge is 2.22. The van der Waals surface area contributed by atoms with Crippen LogP contribution in [0.2, 0.25) is 0 Å². The van der Waals surface area contributed by atoms with E-state index in [0.717, 1.165) is 31.3 Å². The first-order valence-electron chi connectivity index (χ1n) is 8.89. The van der Waals surface area contributed by atoms with Gasteiger partial charge in [-0.05, 0) is 31.0 Å². The first-order chi connectivity index (χ1) is 12.9. The summed E-state index contributed by atoms with van der Waals surface area (Å²) in [6.45, 7) is 7.18. The minimum atomic E-state index is -0.675. The molecule has 1 N–H and O–H groups in total. The molecule has 8 nitrogen and oxygen atoms in total. The van der Waals surface area contributed by atoms with Gasteiger partial charge in [0.25, 0.3) is 5.91 Å². The van der Waals surface area contributed by atoms with Gasteiger partial charge in [-0.15, -0.1) is 0 Å². The number of carbonyl (C=O) groups excluding carboxylic acids is 1. The standard InChI is InChI=1S/C19H23N3O5/c1-13-10-21(11-14(2)26-13)12-16-5-3-15(4-6-16)9-20-19(23)17-7-8-18(27-17)22(24)25/h3-8,13-14H,9-12H2,1-2H3,(H,20,23)/t13-,14+. The van der Waals surface area contributed by atoms with Crippen LogP contribution in [0, 0.1) is 10.1 Å². The summed E-state index contributed by atoms with van der Waals surface area (Å²) in [7, 11) is 0. The molecule has 1 aliphatic heterocycles. The molecule has 2 atom stereocenters. The second kappa shape index (κ2) is 8.32. The highest BCUT2D eigenvalue weighted by Crippen LogP contribution is 2.16. The molecule has 0 bridgehead atoms. The number of benzene rings is 1. The molecule has 0 radical (unpaired) electrons.